The van der Waals surface area contributed by atoms with Crippen LogP contribution in [0.5, 0.6) is 5.75 Å². The van der Waals surface area contributed by atoms with Gasteiger partial charge < -0.3 is 10.1 Å². The fourth-order valence-corrected chi connectivity index (χ4v) is 1.88. The van der Waals surface area contributed by atoms with Gasteiger partial charge in [0.2, 0.25) is 0 Å². The summed E-state index contributed by atoms with van der Waals surface area (Å²) in [4.78, 5) is 15.8. The summed E-state index contributed by atoms with van der Waals surface area (Å²) in [5.41, 5.74) is 1.95. The zero-order valence-corrected chi connectivity index (χ0v) is 11.7. The zero-order chi connectivity index (χ0) is 14.4. The number of carbonyl (C=O) groups is 1. The molecule has 0 saturated heterocycles. The number of benzene rings is 1. The molecule has 2 rings (SSSR count). The minimum absolute atomic E-state index is 0.0296. The van der Waals surface area contributed by atoms with E-state index >= 15 is 0 Å². The largest absolute Gasteiger partial charge is 0.482 e. The van der Waals surface area contributed by atoms with Crippen LogP contribution in [-0.4, -0.2) is 17.5 Å². The third kappa shape index (κ3) is 3.82. The number of nitrogens with one attached hydrogen (secondary N) is 1. The molecule has 1 aromatic heterocycles. The second-order valence-corrected chi connectivity index (χ2v) is 4.77. The van der Waals surface area contributed by atoms with Gasteiger partial charge in [-0.25, -0.2) is 0 Å². The smallest absolute Gasteiger partial charge is 0.262 e. The summed E-state index contributed by atoms with van der Waals surface area (Å²) in [6.45, 7) is 4.16. The molecule has 1 heterocycles. The predicted molar refractivity (Wildman–Crippen MR) is 78.9 cm³/mol. The molecule has 104 valence electrons. The van der Waals surface area contributed by atoms with Gasteiger partial charge in [-0.1, -0.05) is 32.0 Å². The Morgan fingerprint density at radius 1 is 1.25 bits per heavy atom. The van der Waals surface area contributed by atoms with Crippen LogP contribution in [0.4, 0.5) is 5.69 Å². The monoisotopic (exact) mass is 270 g/mol. The van der Waals surface area contributed by atoms with Crippen LogP contribution >= 0.6 is 0 Å². The molecule has 0 saturated carbocycles. The minimum atomic E-state index is -0.179. The molecule has 4 nitrogen and oxygen atoms in total. The lowest BCUT2D eigenvalue weighted by Gasteiger charge is -2.13. The van der Waals surface area contributed by atoms with Crippen LogP contribution in [-0.2, 0) is 4.79 Å². The number of hydrogen-bond donors (Lipinski definition) is 1. The molecule has 0 spiro atoms. The number of rotatable bonds is 5. The maximum atomic E-state index is 11.9. The highest BCUT2D eigenvalue weighted by Crippen LogP contribution is 2.23. The molecular formula is C16H18N2O2. The average molecular weight is 270 g/mol. The lowest BCUT2D eigenvalue weighted by Crippen LogP contribution is -2.21. The third-order valence-electron chi connectivity index (χ3n) is 2.86. The number of anilines is 1. The molecular weight excluding hydrogens is 252 g/mol. The number of para-hydroxylation sites is 1. The van der Waals surface area contributed by atoms with E-state index in [0.29, 0.717) is 11.7 Å². The van der Waals surface area contributed by atoms with Crippen molar-refractivity contribution in [3.63, 3.8) is 0 Å². The van der Waals surface area contributed by atoms with E-state index in [1.807, 2.05) is 24.3 Å². The zero-order valence-electron chi connectivity index (χ0n) is 11.7. The van der Waals surface area contributed by atoms with E-state index in [1.165, 1.54) is 0 Å². The Morgan fingerprint density at radius 3 is 2.75 bits per heavy atom. The van der Waals surface area contributed by atoms with Gasteiger partial charge in [0.15, 0.2) is 6.61 Å². The predicted octanol–water partition coefficient (Wildman–Crippen LogP) is 3.22. The molecule has 1 aromatic carbocycles. The molecule has 1 N–H and O–H groups in total. The Morgan fingerprint density at radius 2 is 2.05 bits per heavy atom. The van der Waals surface area contributed by atoms with Crippen LogP contribution in [0, 0.1) is 0 Å². The van der Waals surface area contributed by atoms with Crippen molar-refractivity contribution in [1.29, 1.82) is 0 Å². The summed E-state index contributed by atoms with van der Waals surface area (Å²) < 4.78 is 5.37. The van der Waals surface area contributed by atoms with E-state index in [9.17, 15) is 4.79 Å². The average Bonchev–Trinajstić information content (AvgIpc) is 2.46. The van der Waals surface area contributed by atoms with Gasteiger partial charge in [-0.15, -0.1) is 0 Å². The van der Waals surface area contributed by atoms with E-state index in [1.54, 1.807) is 24.5 Å². The Labute approximate surface area is 118 Å². The number of hydrogen-bond acceptors (Lipinski definition) is 3. The lowest BCUT2D eigenvalue weighted by atomic mass is 10.0. The minimum Gasteiger partial charge on any atom is -0.482 e. The van der Waals surface area contributed by atoms with Crippen molar-refractivity contribution in [3.05, 3.63) is 54.4 Å². The molecule has 1 amide bonds. The molecule has 0 aliphatic rings. The first-order valence-corrected chi connectivity index (χ1v) is 6.58. The molecule has 0 aliphatic carbocycles. The van der Waals surface area contributed by atoms with E-state index < -0.39 is 0 Å². The quantitative estimate of drug-likeness (QED) is 0.907. The lowest BCUT2D eigenvalue weighted by molar-refractivity contribution is -0.118. The number of nitrogens with zero attached hydrogens (tertiary/aromatic N) is 1. The third-order valence-corrected chi connectivity index (χ3v) is 2.86. The van der Waals surface area contributed by atoms with E-state index in [0.717, 1.165) is 11.3 Å². The highest BCUT2D eigenvalue weighted by atomic mass is 16.5. The fraction of sp³-hybridized carbons (Fsp3) is 0.250. The highest BCUT2D eigenvalue weighted by Gasteiger charge is 2.09. The second kappa shape index (κ2) is 6.70. The van der Waals surface area contributed by atoms with Gasteiger partial charge in [-0.3, -0.25) is 9.78 Å². The van der Waals surface area contributed by atoms with E-state index in [4.69, 9.17) is 4.74 Å². The van der Waals surface area contributed by atoms with Crippen LogP contribution in [0.15, 0.2) is 48.8 Å². The van der Waals surface area contributed by atoms with Gasteiger partial charge in [-0.05, 0) is 29.7 Å². The Hall–Kier alpha value is -2.36. The molecule has 20 heavy (non-hydrogen) atoms. The van der Waals surface area contributed by atoms with Crippen molar-refractivity contribution in [3.8, 4) is 5.75 Å². The number of carbonyl (C=O) groups excluding carboxylic acids is 1. The molecule has 2 aromatic rings. The number of aromatic nitrogens is 1. The van der Waals surface area contributed by atoms with Gasteiger partial charge in [0, 0.05) is 11.9 Å². The summed E-state index contributed by atoms with van der Waals surface area (Å²) in [5, 5.41) is 2.88. The molecule has 0 fully saturated rings. The summed E-state index contributed by atoms with van der Waals surface area (Å²) in [6.07, 6.45) is 3.24. The first-order chi connectivity index (χ1) is 9.66. The van der Waals surface area contributed by atoms with Crippen molar-refractivity contribution in [2.75, 3.05) is 11.9 Å². The second-order valence-electron chi connectivity index (χ2n) is 4.77. The summed E-state index contributed by atoms with van der Waals surface area (Å²) in [7, 11) is 0. The maximum absolute atomic E-state index is 11.9. The first-order valence-electron chi connectivity index (χ1n) is 6.58. The maximum Gasteiger partial charge on any atom is 0.262 e. The van der Waals surface area contributed by atoms with Crippen molar-refractivity contribution in [2.45, 2.75) is 19.8 Å². The molecule has 0 atom stereocenters. The SMILES string of the molecule is CC(C)c1ccccc1NC(=O)COc1cccnc1. The molecule has 0 radical (unpaired) electrons. The van der Waals surface area contributed by atoms with E-state index in [2.05, 4.69) is 24.1 Å². The van der Waals surface area contributed by atoms with E-state index in [-0.39, 0.29) is 12.5 Å². The normalized spacial score (nSPS) is 10.3. The number of pyridine rings is 1. The summed E-state index contributed by atoms with van der Waals surface area (Å²) in [5.74, 6) is 0.757. The van der Waals surface area contributed by atoms with Crippen LogP contribution in [0.3, 0.4) is 0 Å². The Kier molecular flexibility index (Phi) is 4.71. The fourth-order valence-electron chi connectivity index (χ4n) is 1.88. The van der Waals surface area contributed by atoms with Gasteiger partial charge in [-0.2, -0.15) is 0 Å². The van der Waals surface area contributed by atoms with Crippen molar-refractivity contribution in [1.82, 2.24) is 4.98 Å². The van der Waals surface area contributed by atoms with Crippen LogP contribution in [0.2, 0.25) is 0 Å². The topological polar surface area (TPSA) is 51.2 Å². The molecule has 0 unspecified atom stereocenters. The molecule has 0 aliphatic heterocycles. The molecule has 0 bridgehead atoms. The van der Waals surface area contributed by atoms with Gasteiger partial charge in [0.05, 0.1) is 6.20 Å². The Balaban J connectivity index is 1.95. The summed E-state index contributed by atoms with van der Waals surface area (Å²) in [6, 6.07) is 11.3. The first kappa shape index (κ1) is 14.1. The standard InChI is InChI=1S/C16H18N2O2/c1-12(2)14-7-3-4-8-15(14)18-16(19)11-20-13-6-5-9-17-10-13/h3-10,12H,11H2,1-2H3,(H,18,19). The van der Waals surface area contributed by atoms with Crippen molar-refractivity contribution >= 4 is 11.6 Å². The van der Waals surface area contributed by atoms with Crippen LogP contribution < -0.4 is 10.1 Å². The van der Waals surface area contributed by atoms with Crippen molar-refractivity contribution < 1.29 is 9.53 Å². The van der Waals surface area contributed by atoms with Crippen molar-refractivity contribution in [2.24, 2.45) is 0 Å². The molecule has 4 heteroatoms. The number of ether oxygens (including phenoxy) is 1. The van der Waals surface area contributed by atoms with Gasteiger partial charge >= 0.3 is 0 Å². The van der Waals surface area contributed by atoms with Crippen LogP contribution in [0.25, 0.3) is 0 Å². The van der Waals surface area contributed by atoms with Crippen LogP contribution in [0.1, 0.15) is 25.3 Å². The highest BCUT2D eigenvalue weighted by molar-refractivity contribution is 5.92. The Bertz CT molecular complexity index is 568. The van der Waals surface area contributed by atoms with Gasteiger partial charge in [0.25, 0.3) is 5.91 Å². The number of amides is 1. The summed E-state index contributed by atoms with van der Waals surface area (Å²) >= 11 is 0. The van der Waals surface area contributed by atoms with Gasteiger partial charge in [0.1, 0.15) is 5.75 Å².